The molecule has 0 fully saturated rings. The van der Waals surface area contributed by atoms with Crippen molar-refractivity contribution in [3.63, 3.8) is 0 Å². The molecule has 1 aromatic carbocycles. The van der Waals surface area contributed by atoms with Crippen LogP contribution in [0.15, 0.2) is 36.5 Å². The van der Waals surface area contributed by atoms with Gasteiger partial charge in [-0.25, -0.2) is 4.84 Å². The number of hydrogen-bond acceptors (Lipinski definition) is 2. The van der Waals surface area contributed by atoms with Crippen LogP contribution in [-0.4, -0.2) is 4.98 Å². The Kier molecular flexibility index (Phi) is 2.43. The molecule has 66 valence electrons. The highest BCUT2D eigenvalue weighted by molar-refractivity contribution is 6.13. The number of halogens is 1. The predicted octanol–water partition coefficient (Wildman–Crippen LogP) is 2.48. The summed E-state index contributed by atoms with van der Waals surface area (Å²) in [6.07, 6.45) is 1.80. The quantitative estimate of drug-likeness (QED) is 0.740. The maximum absolute atomic E-state index is 5.47. The third-order valence-electron chi connectivity index (χ3n) is 2.00. The third kappa shape index (κ3) is 1.64. The van der Waals surface area contributed by atoms with Crippen LogP contribution in [0.25, 0.3) is 10.9 Å². The molecule has 0 aliphatic rings. The molecule has 1 N–H and O–H groups in total. The highest BCUT2D eigenvalue weighted by Crippen LogP contribution is 2.15. The normalized spacial score (nSPS) is 10.5. The molecule has 0 aliphatic heterocycles. The van der Waals surface area contributed by atoms with Gasteiger partial charge in [-0.05, 0) is 29.5 Å². The first-order valence-corrected chi connectivity index (χ1v) is 4.46. The van der Waals surface area contributed by atoms with E-state index in [1.807, 2.05) is 30.3 Å². The van der Waals surface area contributed by atoms with Crippen LogP contribution < -0.4 is 4.84 Å². The van der Waals surface area contributed by atoms with Crippen LogP contribution in [0.3, 0.4) is 0 Å². The Hall–Kier alpha value is -1.12. The number of fused-ring (bicyclic) bond motifs is 1. The highest BCUT2D eigenvalue weighted by atomic mass is 35.5. The van der Waals surface area contributed by atoms with Gasteiger partial charge in [0.25, 0.3) is 0 Å². The van der Waals surface area contributed by atoms with E-state index in [0.717, 1.165) is 10.9 Å². The van der Waals surface area contributed by atoms with Gasteiger partial charge in [-0.3, -0.25) is 4.98 Å². The fraction of sp³-hybridized carbons (Fsp3) is 0.100. The Labute approximate surface area is 81.7 Å². The molecule has 0 amide bonds. The second-order valence-electron chi connectivity index (χ2n) is 2.80. The summed E-state index contributed by atoms with van der Waals surface area (Å²) in [6.45, 7) is 0.657. The van der Waals surface area contributed by atoms with E-state index >= 15 is 0 Å². The first kappa shape index (κ1) is 8.48. The minimum atomic E-state index is 0.657. The van der Waals surface area contributed by atoms with E-state index in [-0.39, 0.29) is 0 Å². The van der Waals surface area contributed by atoms with E-state index < -0.39 is 0 Å². The lowest BCUT2D eigenvalue weighted by Crippen LogP contribution is -1.99. The van der Waals surface area contributed by atoms with Crippen molar-refractivity contribution in [3.8, 4) is 0 Å². The van der Waals surface area contributed by atoms with Crippen molar-refractivity contribution in [1.82, 2.24) is 9.82 Å². The van der Waals surface area contributed by atoms with E-state index in [1.165, 1.54) is 5.56 Å². The van der Waals surface area contributed by atoms with Gasteiger partial charge in [0.1, 0.15) is 0 Å². The van der Waals surface area contributed by atoms with Gasteiger partial charge >= 0.3 is 0 Å². The van der Waals surface area contributed by atoms with E-state index in [9.17, 15) is 0 Å². The van der Waals surface area contributed by atoms with Gasteiger partial charge in [0.2, 0.25) is 0 Å². The van der Waals surface area contributed by atoms with Crippen LogP contribution >= 0.6 is 11.8 Å². The van der Waals surface area contributed by atoms with Gasteiger partial charge in [0.05, 0.1) is 5.52 Å². The number of para-hydroxylation sites is 1. The fourth-order valence-corrected chi connectivity index (χ4v) is 1.53. The lowest BCUT2D eigenvalue weighted by atomic mass is 10.1. The molecule has 2 rings (SSSR count). The summed E-state index contributed by atoms with van der Waals surface area (Å²) >= 11 is 5.47. The monoisotopic (exact) mass is 192 g/mol. The van der Waals surface area contributed by atoms with Crippen molar-refractivity contribution >= 4 is 22.7 Å². The van der Waals surface area contributed by atoms with Gasteiger partial charge in [-0.15, -0.1) is 0 Å². The van der Waals surface area contributed by atoms with E-state index in [2.05, 4.69) is 9.82 Å². The summed E-state index contributed by atoms with van der Waals surface area (Å²) in [5.41, 5.74) is 2.17. The van der Waals surface area contributed by atoms with Crippen LogP contribution in [0.4, 0.5) is 0 Å². The minimum Gasteiger partial charge on any atom is -0.256 e. The Bertz CT molecular complexity index is 409. The molecule has 0 aliphatic carbocycles. The number of hydrogen-bond donors (Lipinski definition) is 1. The molecule has 0 atom stereocenters. The molecular weight excluding hydrogens is 184 g/mol. The molecule has 0 unspecified atom stereocenters. The van der Waals surface area contributed by atoms with E-state index in [4.69, 9.17) is 11.8 Å². The first-order chi connectivity index (χ1) is 6.42. The van der Waals surface area contributed by atoms with E-state index in [0.29, 0.717) is 6.54 Å². The molecule has 13 heavy (non-hydrogen) atoms. The smallest absolute Gasteiger partial charge is 0.0705 e. The molecule has 1 aromatic heterocycles. The van der Waals surface area contributed by atoms with Crippen molar-refractivity contribution < 1.29 is 0 Å². The van der Waals surface area contributed by atoms with Gasteiger partial charge in [0, 0.05) is 18.1 Å². The third-order valence-corrected chi connectivity index (χ3v) is 2.13. The summed E-state index contributed by atoms with van der Waals surface area (Å²) in [7, 11) is 0. The topological polar surface area (TPSA) is 24.9 Å². The van der Waals surface area contributed by atoms with Crippen LogP contribution in [-0.2, 0) is 6.54 Å². The second kappa shape index (κ2) is 3.73. The standard InChI is InChI=1S/C10H9ClN2/c11-13-7-8-5-6-12-10-4-2-1-3-9(8)10/h1-6,13H,7H2. The van der Waals surface area contributed by atoms with Gasteiger partial charge in [0.15, 0.2) is 0 Å². The Morgan fingerprint density at radius 3 is 2.92 bits per heavy atom. The molecule has 0 radical (unpaired) electrons. The number of aromatic nitrogens is 1. The molecule has 1 heterocycles. The second-order valence-corrected chi connectivity index (χ2v) is 3.06. The zero-order valence-corrected chi connectivity index (χ0v) is 7.75. The SMILES string of the molecule is ClNCc1ccnc2ccccc12. The van der Waals surface area contributed by atoms with Crippen molar-refractivity contribution in [3.05, 3.63) is 42.1 Å². The van der Waals surface area contributed by atoms with Gasteiger partial charge in [-0.2, -0.15) is 0 Å². The highest BCUT2D eigenvalue weighted by Gasteiger charge is 1.98. The van der Waals surface area contributed by atoms with Crippen LogP contribution in [0.2, 0.25) is 0 Å². The van der Waals surface area contributed by atoms with Crippen LogP contribution in [0.1, 0.15) is 5.56 Å². The molecule has 0 saturated heterocycles. The number of rotatable bonds is 2. The molecule has 3 heteroatoms. The number of pyridine rings is 1. The largest absolute Gasteiger partial charge is 0.256 e. The Morgan fingerprint density at radius 2 is 2.08 bits per heavy atom. The van der Waals surface area contributed by atoms with Crippen LogP contribution in [0.5, 0.6) is 0 Å². The maximum Gasteiger partial charge on any atom is 0.0705 e. The summed E-state index contributed by atoms with van der Waals surface area (Å²) < 4.78 is 0. The molecule has 2 nitrogen and oxygen atoms in total. The minimum absolute atomic E-state index is 0.657. The lowest BCUT2D eigenvalue weighted by molar-refractivity contribution is 0.971. The van der Waals surface area contributed by atoms with Crippen molar-refractivity contribution in [2.24, 2.45) is 0 Å². The fourth-order valence-electron chi connectivity index (χ4n) is 1.38. The molecule has 0 saturated carbocycles. The molecule has 0 spiro atoms. The van der Waals surface area contributed by atoms with E-state index in [1.54, 1.807) is 6.20 Å². The predicted molar refractivity (Wildman–Crippen MR) is 54.4 cm³/mol. The van der Waals surface area contributed by atoms with Crippen LogP contribution in [0, 0.1) is 0 Å². The van der Waals surface area contributed by atoms with Gasteiger partial charge in [-0.1, -0.05) is 18.2 Å². The Balaban J connectivity index is 2.61. The number of nitrogens with one attached hydrogen (secondary N) is 1. The lowest BCUT2D eigenvalue weighted by Gasteiger charge is -2.03. The Morgan fingerprint density at radius 1 is 1.23 bits per heavy atom. The molecule has 2 aromatic rings. The summed E-state index contributed by atoms with van der Waals surface area (Å²) in [6, 6.07) is 9.99. The molecular formula is C10H9ClN2. The maximum atomic E-state index is 5.47. The summed E-state index contributed by atoms with van der Waals surface area (Å²) in [5, 5.41) is 1.15. The number of benzene rings is 1. The summed E-state index contributed by atoms with van der Waals surface area (Å²) in [5.74, 6) is 0. The first-order valence-electron chi connectivity index (χ1n) is 4.08. The van der Waals surface area contributed by atoms with Crippen molar-refractivity contribution in [1.29, 1.82) is 0 Å². The van der Waals surface area contributed by atoms with Gasteiger partial charge < -0.3 is 0 Å². The number of nitrogens with zero attached hydrogens (tertiary/aromatic N) is 1. The zero-order valence-electron chi connectivity index (χ0n) is 7.00. The zero-order chi connectivity index (χ0) is 9.10. The van der Waals surface area contributed by atoms with Crippen molar-refractivity contribution in [2.75, 3.05) is 0 Å². The average molecular weight is 193 g/mol. The average Bonchev–Trinajstić information content (AvgIpc) is 2.19. The summed E-state index contributed by atoms with van der Waals surface area (Å²) in [4.78, 5) is 6.87. The van der Waals surface area contributed by atoms with Crippen molar-refractivity contribution in [2.45, 2.75) is 6.54 Å². The molecule has 0 bridgehead atoms.